The average molecular weight is 406 g/mol. The smallest absolute Gasteiger partial charge is 0.387 e. The molecule has 1 atom stereocenters. The summed E-state index contributed by atoms with van der Waals surface area (Å²) < 4.78 is 38.5. The number of nitrogens with one attached hydrogen (secondary N) is 1. The van der Waals surface area contributed by atoms with Gasteiger partial charge in [0.2, 0.25) is 0 Å². The third-order valence-corrected chi connectivity index (χ3v) is 3.87. The molecule has 0 aromatic heterocycles. The van der Waals surface area contributed by atoms with Crippen LogP contribution in [0.3, 0.4) is 0 Å². The van der Waals surface area contributed by atoms with Gasteiger partial charge in [-0.3, -0.25) is 20.2 Å². The van der Waals surface area contributed by atoms with E-state index < -0.39 is 38.4 Å². The molecule has 8 nitrogen and oxygen atoms in total. The highest BCUT2D eigenvalue weighted by molar-refractivity contribution is 6.31. The van der Waals surface area contributed by atoms with Crippen LogP contribution in [0.25, 0.3) is 0 Å². The van der Waals surface area contributed by atoms with Crippen LogP contribution in [0.4, 0.5) is 30.2 Å². The fourth-order valence-electron chi connectivity index (χ4n) is 2.21. The number of hydrogen-bond acceptors (Lipinski definition) is 6. The van der Waals surface area contributed by atoms with E-state index in [1.54, 1.807) is 0 Å². The van der Waals surface area contributed by atoms with E-state index in [2.05, 4.69) is 5.32 Å². The van der Waals surface area contributed by atoms with Gasteiger partial charge in [-0.2, -0.15) is 13.2 Å². The Morgan fingerprint density at radius 1 is 1.11 bits per heavy atom. The van der Waals surface area contributed by atoms with Crippen LogP contribution in [0, 0.1) is 20.2 Å². The summed E-state index contributed by atoms with van der Waals surface area (Å²) in [6.07, 6.45) is -6.09. The normalized spacial score (nSPS) is 12.5. The molecule has 0 radical (unpaired) electrons. The van der Waals surface area contributed by atoms with Gasteiger partial charge in [-0.15, -0.1) is 0 Å². The van der Waals surface area contributed by atoms with Gasteiger partial charge < -0.3 is 10.4 Å². The van der Waals surface area contributed by atoms with Gasteiger partial charge in [-0.05, 0) is 23.8 Å². The van der Waals surface area contributed by atoms with Gasteiger partial charge in [0.05, 0.1) is 26.5 Å². The van der Waals surface area contributed by atoms with E-state index >= 15 is 0 Å². The lowest BCUT2D eigenvalue weighted by Gasteiger charge is -2.15. The molecule has 0 bridgehead atoms. The van der Waals surface area contributed by atoms with Crippen molar-refractivity contribution in [3.8, 4) is 0 Å². The molecule has 0 amide bonds. The zero-order chi connectivity index (χ0) is 20.4. The number of hydrogen-bond donors (Lipinski definition) is 2. The molecule has 1 unspecified atom stereocenters. The number of non-ortho nitro benzene ring substituents is 1. The third-order valence-electron chi connectivity index (χ3n) is 3.56. The van der Waals surface area contributed by atoms with Crippen LogP contribution in [-0.4, -0.2) is 21.5 Å². The van der Waals surface area contributed by atoms with Crippen LogP contribution in [-0.2, 0) is 6.18 Å². The van der Waals surface area contributed by atoms with Crippen LogP contribution in [0.15, 0.2) is 36.4 Å². The van der Waals surface area contributed by atoms with Crippen molar-refractivity contribution in [1.29, 1.82) is 0 Å². The lowest BCUT2D eigenvalue weighted by molar-refractivity contribution is -0.384. The van der Waals surface area contributed by atoms with Crippen LogP contribution in [0.5, 0.6) is 0 Å². The Balaban J connectivity index is 2.22. The van der Waals surface area contributed by atoms with E-state index in [0.29, 0.717) is 6.07 Å². The van der Waals surface area contributed by atoms with Crippen molar-refractivity contribution < 1.29 is 28.1 Å². The Morgan fingerprint density at radius 2 is 1.70 bits per heavy atom. The van der Waals surface area contributed by atoms with Gasteiger partial charge in [0, 0.05) is 24.7 Å². The first-order valence-electron chi connectivity index (χ1n) is 7.22. The summed E-state index contributed by atoms with van der Waals surface area (Å²) in [5, 5.41) is 33.5. The number of nitro groups is 2. The summed E-state index contributed by atoms with van der Waals surface area (Å²) >= 11 is 5.56. The Labute approximate surface area is 154 Å². The van der Waals surface area contributed by atoms with Crippen molar-refractivity contribution in [2.24, 2.45) is 0 Å². The number of aliphatic hydroxyl groups excluding tert-OH is 1. The van der Waals surface area contributed by atoms with Crippen LogP contribution in [0.1, 0.15) is 17.2 Å². The minimum atomic E-state index is -4.86. The first-order chi connectivity index (χ1) is 12.5. The molecule has 144 valence electrons. The molecule has 2 N–H and O–H groups in total. The molecule has 12 heteroatoms. The molecule has 0 fully saturated rings. The number of alkyl halides is 3. The summed E-state index contributed by atoms with van der Waals surface area (Å²) in [7, 11) is 0. The summed E-state index contributed by atoms with van der Waals surface area (Å²) in [4.78, 5) is 20.0. The highest BCUT2D eigenvalue weighted by Gasteiger charge is 2.36. The zero-order valence-corrected chi connectivity index (χ0v) is 14.0. The molecule has 0 spiro atoms. The standard InChI is InChI=1S/C15H11ClF3N3O5/c16-11-6-12(13(22(26)27)5-10(11)15(17,18)19)20-7-14(23)8-1-3-9(4-2-8)21(24)25/h1-6,14,20,23H,7H2. The third kappa shape index (κ3) is 4.83. The van der Waals surface area contributed by atoms with Crippen LogP contribution >= 0.6 is 11.6 Å². The highest BCUT2D eigenvalue weighted by Crippen LogP contribution is 2.40. The predicted molar refractivity (Wildman–Crippen MR) is 89.7 cm³/mol. The number of nitro benzene ring substituents is 2. The van der Waals surface area contributed by atoms with E-state index in [1.165, 1.54) is 12.1 Å². The average Bonchev–Trinajstić information content (AvgIpc) is 2.58. The lowest BCUT2D eigenvalue weighted by Crippen LogP contribution is -2.14. The molecule has 27 heavy (non-hydrogen) atoms. The van der Waals surface area contributed by atoms with Gasteiger partial charge in [0.25, 0.3) is 11.4 Å². The summed E-state index contributed by atoms with van der Waals surface area (Å²) in [6.45, 7) is -0.305. The Kier molecular flexibility index (Phi) is 5.86. The zero-order valence-electron chi connectivity index (χ0n) is 13.2. The number of nitrogens with zero attached hydrogens (tertiary/aromatic N) is 2. The molecule has 2 aromatic carbocycles. The molecule has 0 aliphatic carbocycles. The minimum absolute atomic E-state index is 0.191. The molecule has 0 saturated heterocycles. The molecule has 0 heterocycles. The molecule has 0 aliphatic heterocycles. The molecular formula is C15H11ClF3N3O5. The van der Waals surface area contributed by atoms with E-state index in [4.69, 9.17) is 11.6 Å². The number of halogens is 4. The van der Waals surface area contributed by atoms with Crippen molar-refractivity contribution in [2.45, 2.75) is 12.3 Å². The lowest BCUT2D eigenvalue weighted by atomic mass is 10.1. The summed E-state index contributed by atoms with van der Waals surface area (Å²) in [5.41, 5.74) is -2.43. The fourth-order valence-corrected chi connectivity index (χ4v) is 2.49. The maximum atomic E-state index is 12.8. The Hall–Kier alpha value is -2.92. The van der Waals surface area contributed by atoms with Gasteiger partial charge in [-0.1, -0.05) is 11.6 Å². The van der Waals surface area contributed by atoms with Crippen molar-refractivity contribution in [1.82, 2.24) is 0 Å². The van der Waals surface area contributed by atoms with Crippen molar-refractivity contribution in [2.75, 3.05) is 11.9 Å². The van der Waals surface area contributed by atoms with Gasteiger partial charge in [0.15, 0.2) is 0 Å². The number of benzene rings is 2. The maximum absolute atomic E-state index is 12.8. The predicted octanol–water partition coefficient (Wildman–Crippen LogP) is 4.32. The number of rotatable bonds is 6. The van der Waals surface area contributed by atoms with Crippen molar-refractivity contribution >= 4 is 28.7 Å². The Morgan fingerprint density at radius 3 is 2.19 bits per heavy atom. The SMILES string of the molecule is O=[N+]([O-])c1ccc(C(O)CNc2cc(Cl)c(C(F)(F)F)cc2[N+](=O)[O-])cc1. The summed E-state index contributed by atoms with van der Waals surface area (Å²) in [6, 6.07) is 5.97. The van der Waals surface area contributed by atoms with E-state index in [1.807, 2.05) is 0 Å². The number of anilines is 1. The Bertz CT molecular complexity index is 874. The van der Waals surface area contributed by atoms with Crippen LogP contribution < -0.4 is 5.32 Å². The van der Waals surface area contributed by atoms with Crippen LogP contribution in [0.2, 0.25) is 5.02 Å². The second-order valence-corrected chi connectivity index (χ2v) is 5.76. The fraction of sp³-hybridized carbons (Fsp3) is 0.200. The molecule has 2 aromatic rings. The van der Waals surface area contributed by atoms with E-state index in [0.717, 1.165) is 18.2 Å². The highest BCUT2D eigenvalue weighted by atomic mass is 35.5. The molecule has 0 saturated carbocycles. The molecular weight excluding hydrogens is 395 g/mol. The second-order valence-electron chi connectivity index (χ2n) is 5.35. The number of aliphatic hydroxyl groups is 1. The largest absolute Gasteiger partial charge is 0.418 e. The van der Waals surface area contributed by atoms with E-state index in [9.17, 15) is 38.5 Å². The second kappa shape index (κ2) is 7.76. The monoisotopic (exact) mass is 405 g/mol. The maximum Gasteiger partial charge on any atom is 0.418 e. The quantitative estimate of drug-likeness (QED) is 0.545. The topological polar surface area (TPSA) is 119 Å². The molecule has 2 rings (SSSR count). The van der Waals surface area contributed by atoms with Gasteiger partial charge in [0.1, 0.15) is 5.69 Å². The minimum Gasteiger partial charge on any atom is -0.387 e. The molecule has 0 aliphatic rings. The van der Waals surface area contributed by atoms with Crippen molar-refractivity contribution in [3.63, 3.8) is 0 Å². The van der Waals surface area contributed by atoms with Gasteiger partial charge in [-0.25, -0.2) is 0 Å². The first-order valence-corrected chi connectivity index (χ1v) is 7.60. The van der Waals surface area contributed by atoms with E-state index in [-0.39, 0.29) is 23.5 Å². The summed E-state index contributed by atoms with van der Waals surface area (Å²) in [5.74, 6) is 0. The van der Waals surface area contributed by atoms with Crippen molar-refractivity contribution in [3.05, 3.63) is 72.8 Å². The van der Waals surface area contributed by atoms with Gasteiger partial charge >= 0.3 is 6.18 Å². The first kappa shape index (κ1) is 20.4.